The van der Waals surface area contributed by atoms with Crippen molar-refractivity contribution in [3.63, 3.8) is 0 Å². The Morgan fingerprint density at radius 1 is 1.15 bits per heavy atom. The Hall–Kier alpha value is -1.38. The second kappa shape index (κ2) is 6.38. The number of nitrogen functional groups attached to an aromatic ring is 1. The lowest BCUT2D eigenvalue weighted by atomic mass is 10.3. The van der Waals surface area contributed by atoms with Crippen molar-refractivity contribution in [1.29, 1.82) is 0 Å². The van der Waals surface area contributed by atoms with Crippen molar-refractivity contribution in [3.8, 4) is 5.75 Å². The first kappa shape index (κ1) is 15.0. The number of anilines is 3. The summed E-state index contributed by atoms with van der Waals surface area (Å²) in [6.07, 6.45) is 0. The number of halogens is 2. The first-order valence-electron chi connectivity index (χ1n) is 5.66. The van der Waals surface area contributed by atoms with Crippen LogP contribution in [0.25, 0.3) is 0 Å². The van der Waals surface area contributed by atoms with Crippen molar-refractivity contribution < 1.29 is 4.74 Å². The molecule has 106 valence electrons. The van der Waals surface area contributed by atoms with E-state index in [1.54, 1.807) is 7.11 Å². The summed E-state index contributed by atoms with van der Waals surface area (Å²) in [4.78, 5) is 8.37. The molecule has 0 radical (unpaired) electrons. The summed E-state index contributed by atoms with van der Waals surface area (Å²) < 4.78 is 7.01. The van der Waals surface area contributed by atoms with E-state index in [-0.39, 0.29) is 0 Å². The third-order valence-electron chi connectivity index (χ3n) is 2.49. The van der Waals surface area contributed by atoms with Crippen molar-refractivity contribution in [2.45, 2.75) is 6.92 Å². The fourth-order valence-electron chi connectivity index (χ4n) is 1.62. The number of nitrogens with one attached hydrogen (secondary N) is 2. The van der Waals surface area contributed by atoms with Crippen LogP contribution in [0.3, 0.4) is 0 Å². The quantitative estimate of drug-likeness (QED) is 0.537. The number of benzene rings is 1. The summed E-state index contributed by atoms with van der Waals surface area (Å²) in [6, 6.07) is 5.58. The number of hydrogen-bond donors (Lipinski definition) is 3. The molecule has 8 heteroatoms. The SMILES string of the molecule is COc1cc(Nc2cc(C)nc(NN)n2)c(Br)cc1Br. The molecule has 6 nitrogen and oxygen atoms in total. The van der Waals surface area contributed by atoms with Crippen LogP contribution in [0.2, 0.25) is 0 Å². The van der Waals surface area contributed by atoms with Gasteiger partial charge in [-0.25, -0.2) is 10.8 Å². The summed E-state index contributed by atoms with van der Waals surface area (Å²) in [5, 5.41) is 3.20. The van der Waals surface area contributed by atoms with Gasteiger partial charge in [-0.2, -0.15) is 4.98 Å². The first-order chi connectivity index (χ1) is 9.53. The van der Waals surface area contributed by atoms with Gasteiger partial charge in [-0.15, -0.1) is 0 Å². The van der Waals surface area contributed by atoms with E-state index in [0.717, 1.165) is 26.1 Å². The number of aromatic nitrogens is 2. The van der Waals surface area contributed by atoms with Gasteiger partial charge in [0.25, 0.3) is 0 Å². The number of methoxy groups -OCH3 is 1. The monoisotopic (exact) mass is 401 g/mol. The van der Waals surface area contributed by atoms with Gasteiger partial charge in [0.2, 0.25) is 5.95 Å². The molecule has 2 rings (SSSR count). The molecule has 0 aliphatic heterocycles. The standard InChI is InChI=1S/C12H13Br2N5O/c1-6-3-11(18-12(16-6)19-15)17-9-5-10(20-2)8(14)4-7(9)13/h3-5H,15H2,1-2H3,(H2,16,17,18,19). The number of nitrogens with zero attached hydrogens (tertiary/aromatic N) is 2. The Bertz CT molecular complexity index is 635. The van der Waals surface area contributed by atoms with E-state index in [0.29, 0.717) is 11.8 Å². The van der Waals surface area contributed by atoms with E-state index >= 15 is 0 Å². The lowest BCUT2D eigenvalue weighted by Crippen LogP contribution is -2.12. The fraction of sp³-hybridized carbons (Fsp3) is 0.167. The lowest BCUT2D eigenvalue weighted by Gasteiger charge is -2.12. The predicted molar refractivity (Wildman–Crippen MR) is 86.3 cm³/mol. The Morgan fingerprint density at radius 2 is 1.90 bits per heavy atom. The predicted octanol–water partition coefficient (Wildman–Crippen LogP) is 3.35. The molecule has 0 atom stereocenters. The minimum absolute atomic E-state index is 0.354. The number of ether oxygens (including phenoxy) is 1. The van der Waals surface area contributed by atoms with Gasteiger partial charge in [0.15, 0.2) is 0 Å². The number of aryl methyl sites for hydroxylation is 1. The second-order valence-corrected chi connectivity index (χ2v) is 5.66. The van der Waals surface area contributed by atoms with Crippen molar-refractivity contribution >= 4 is 49.3 Å². The Kier molecular flexibility index (Phi) is 4.79. The van der Waals surface area contributed by atoms with Crippen molar-refractivity contribution in [2.24, 2.45) is 5.84 Å². The van der Waals surface area contributed by atoms with Gasteiger partial charge in [-0.05, 0) is 44.8 Å². The van der Waals surface area contributed by atoms with Crippen LogP contribution in [-0.2, 0) is 0 Å². The van der Waals surface area contributed by atoms with E-state index in [4.69, 9.17) is 10.6 Å². The highest BCUT2D eigenvalue weighted by Crippen LogP contribution is 2.35. The molecular formula is C12H13Br2N5O. The van der Waals surface area contributed by atoms with E-state index in [2.05, 4.69) is 52.6 Å². The number of hydrogen-bond acceptors (Lipinski definition) is 6. The Balaban J connectivity index is 2.36. The Morgan fingerprint density at radius 3 is 2.55 bits per heavy atom. The summed E-state index contributed by atoms with van der Waals surface area (Å²) in [5.41, 5.74) is 4.06. The smallest absolute Gasteiger partial charge is 0.239 e. The maximum Gasteiger partial charge on any atom is 0.239 e. The molecule has 0 aliphatic rings. The van der Waals surface area contributed by atoms with Gasteiger partial charge >= 0.3 is 0 Å². The third-order valence-corrected chi connectivity index (χ3v) is 3.76. The van der Waals surface area contributed by atoms with Crippen molar-refractivity contribution in [3.05, 3.63) is 32.8 Å². The summed E-state index contributed by atoms with van der Waals surface area (Å²) in [7, 11) is 1.61. The van der Waals surface area contributed by atoms with Gasteiger partial charge in [-0.3, -0.25) is 5.43 Å². The zero-order valence-corrected chi connectivity index (χ0v) is 14.0. The zero-order chi connectivity index (χ0) is 14.7. The number of hydrazine groups is 1. The highest BCUT2D eigenvalue weighted by Gasteiger charge is 2.09. The lowest BCUT2D eigenvalue weighted by molar-refractivity contribution is 0.412. The maximum absolute atomic E-state index is 5.34. The minimum atomic E-state index is 0.354. The molecule has 0 saturated heterocycles. The molecule has 0 amide bonds. The topological polar surface area (TPSA) is 85.1 Å². The average molecular weight is 403 g/mol. The third kappa shape index (κ3) is 3.38. The molecule has 0 saturated carbocycles. The van der Waals surface area contributed by atoms with Crippen molar-refractivity contribution in [2.75, 3.05) is 17.9 Å². The maximum atomic E-state index is 5.34. The van der Waals surface area contributed by atoms with Crippen LogP contribution >= 0.6 is 31.9 Å². The zero-order valence-electron chi connectivity index (χ0n) is 10.9. The molecule has 1 aromatic carbocycles. The molecule has 0 spiro atoms. The number of nitrogens with two attached hydrogens (primary N) is 1. The molecule has 0 fully saturated rings. The van der Waals surface area contributed by atoms with E-state index < -0.39 is 0 Å². The first-order valence-corrected chi connectivity index (χ1v) is 7.24. The molecule has 2 aromatic rings. The van der Waals surface area contributed by atoms with Gasteiger partial charge in [0, 0.05) is 22.3 Å². The molecule has 0 unspecified atom stereocenters. The minimum Gasteiger partial charge on any atom is -0.495 e. The molecule has 4 N–H and O–H groups in total. The molecule has 1 heterocycles. The van der Waals surface area contributed by atoms with Crippen LogP contribution < -0.4 is 21.3 Å². The normalized spacial score (nSPS) is 10.2. The van der Waals surface area contributed by atoms with Crippen molar-refractivity contribution in [1.82, 2.24) is 9.97 Å². The van der Waals surface area contributed by atoms with Crippen LogP contribution in [0.5, 0.6) is 5.75 Å². The molecular weight excluding hydrogens is 390 g/mol. The highest BCUT2D eigenvalue weighted by molar-refractivity contribution is 9.11. The fourth-order valence-corrected chi connectivity index (χ4v) is 2.87. The van der Waals surface area contributed by atoms with Gasteiger partial charge in [-0.1, -0.05) is 0 Å². The summed E-state index contributed by atoms with van der Waals surface area (Å²) >= 11 is 6.92. The van der Waals surface area contributed by atoms with Crippen LogP contribution in [-0.4, -0.2) is 17.1 Å². The van der Waals surface area contributed by atoms with Gasteiger partial charge in [0.1, 0.15) is 11.6 Å². The van der Waals surface area contributed by atoms with Crippen LogP contribution in [0.15, 0.2) is 27.1 Å². The number of rotatable bonds is 4. The molecule has 0 aliphatic carbocycles. The average Bonchev–Trinajstić information content (AvgIpc) is 2.41. The van der Waals surface area contributed by atoms with Gasteiger partial charge in [0.05, 0.1) is 17.3 Å². The molecule has 1 aromatic heterocycles. The van der Waals surface area contributed by atoms with E-state index in [1.165, 1.54) is 0 Å². The van der Waals surface area contributed by atoms with E-state index in [1.807, 2.05) is 25.1 Å². The van der Waals surface area contributed by atoms with Crippen LogP contribution in [0.4, 0.5) is 17.5 Å². The van der Waals surface area contributed by atoms with Crippen LogP contribution in [0.1, 0.15) is 5.69 Å². The van der Waals surface area contributed by atoms with E-state index in [9.17, 15) is 0 Å². The molecule has 20 heavy (non-hydrogen) atoms. The Labute approximate surface area is 133 Å². The highest BCUT2D eigenvalue weighted by atomic mass is 79.9. The molecule has 0 bridgehead atoms. The van der Waals surface area contributed by atoms with Crippen LogP contribution in [0, 0.1) is 6.92 Å². The largest absolute Gasteiger partial charge is 0.495 e. The van der Waals surface area contributed by atoms with Gasteiger partial charge < -0.3 is 10.1 Å². The second-order valence-electron chi connectivity index (χ2n) is 3.95. The summed E-state index contributed by atoms with van der Waals surface area (Å²) in [5.74, 6) is 7.05. The summed E-state index contributed by atoms with van der Waals surface area (Å²) in [6.45, 7) is 1.87.